The van der Waals surface area contributed by atoms with Crippen LogP contribution in [0, 0.1) is 12.7 Å². The third-order valence-corrected chi connectivity index (χ3v) is 5.56. The molecule has 3 nitrogen and oxygen atoms in total. The van der Waals surface area contributed by atoms with E-state index in [1.54, 1.807) is 6.07 Å². The summed E-state index contributed by atoms with van der Waals surface area (Å²) in [6.07, 6.45) is 5.19. The minimum Gasteiger partial charge on any atom is -0.372 e. The Balaban J connectivity index is 2.09. The van der Waals surface area contributed by atoms with Crippen LogP contribution in [-0.4, -0.2) is 9.78 Å². The van der Waals surface area contributed by atoms with E-state index < -0.39 is 0 Å². The molecule has 0 unspecified atom stereocenters. The topological polar surface area (TPSA) is 29.9 Å². The molecule has 1 saturated carbocycles. The SMILES string of the molecule is Cc1c(Br)cc(F)c2c1-c1c(cnn1C)C1(CCC1)N2. The standard InChI is InChI=1S/C15H15BrFN3/c1-8-10(16)6-11(17)13-12(8)14-9(7-18-20(14)2)15(19-13)4-3-5-15/h6-7,19H,3-5H2,1-2H3. The molecule has 0 radical (unpaired) electrons. The quantitative estimate of drug-likeness (QED) is 0.785. The molecule has 1 aliphatic carbocycles. The number of halogens is 2. The largest absolute Gasteiger partial charge is 0.372 e. The molecule has 104 valence electrons. The molecule has 0 bridgehead atoms. The van der Waals surface area contributed by atoms with Gasteiger partial charge in [0.2, 0.25) is 0 Å². The maximum atomic E-state index is 14.4. The first-order valence-corrected chi connectivity index (χ1v) is 7.62. The second-order valence-electron chi connectivity index (χ2n) is 5.81. The van der Waals surface area contributed by atoms with Gasteiger partial charge >= 0.3 is 0 Å². The highest BCUT2D eigenvalue weighted by atomic mass is 79.9. The van der Waals surface area contributed by atoms with Crippen LogP contribution in [0.4, 0.5) is 10.1 Å². The molecule has 1 aromatic heterocycles. The predicted octanol–water partition coefficient (Wildman–Crippen LogP) is 4.10. The van der Waals surface area contributed by atoms with Crippen molar-refractivity contribution in [3.8, 4) is 11.3 Å². The molecule has 1 aromatic carbocycles. The normalized spacial score (nSPS) is 18.2. The zero-order valence-corrected chi connectivity index (χ0v) is 13.0. The summed E-state index contributed by atoms with van der Waals surface area (Å²) in [5.74, 6) is -0.199. The number of hydrogen-bond acceptors (Lipinski definition) is 2. The fourth-order valence-electron chi connectivity index (χ4n) is 3.45. The fraction of sp³-hybridized carbons (Fsp3) is 0.400. The van der Waals surface area contributed by atoms with E-state index in [-0.39, 0.29) is 11.4 Å². The van der Waals surface area contributed by atoms with Crippen molar-refractivity contribution in [3.63, 3.8) is 0 Å². The molecule has 2 aromatic rings. The van der Waals surface area contributed by atoms with Crippen LogP contribution in [0.2, 0.25) is 0 Å². The van der Waals surface area contributed by atoms with Crippen LogP contribution >= 0.6 is 15.9 Å². The van der Waals surface area contributed by atoms with E-state index in [0.29, 0.717) is 5.69 Å². The molecule has 2 aliphatic rings. The lowest BCUT2D eigenvalue weighted by Gasteiger charge is -2.47. The summed E-state index contributed by atoms with van der Waals surface area (Å²) in [6.45, 7) is 2.01. The van der Waals surface area contributed by atoms with Crippen molar-refractivity contribution in [2.24, 2.45) is 7.05 Å². The Kier molecular flexibility index (Phi) is 2.38. The molecule has 1 spiro atoms. The van der Waals surface area contributed by atoms with E-state index in [1.165, 1.54) is 12.0 Å². The van der Waals surface area contributed by atoms with Gasteiger partial charge < -0.3 is 5.32 Å². The molecule has 0 atom stereocenters. The van der Waals surface area contributed by atoms with Crippen molar-refractivity contribution in [2.45, 2.75) is 31.7 Å². The highest BCUT2D eigenvalue weighted by molar-refractivity contribution is 9.10. The minimum absolute atomic E-state index is 0.113. The minimum atomic E-state index is -0.199. The maximum absolute atomic E-state index is 14.4. The lowest BCUT2D eigenvalue weighted by Crippen LogP contribution is -2.44. The van der Waals surface area contributed by atoms with Crippen LogP contribution in [0.1, 0.15) is 30.4 Å². The first kappa shape index (κ1) is 12.4. The number of aromatic nitrogens is 2. The van der Waals surface area contributed by atoms with E-state index in [4.69, 9.17) is 0 Å². The summed E-state index contributed by atoms with van der Waals surface area (Å²) in [5, 5.41) is 7.88. The summed E-state index contributed by atoms with van der Waals surface area (Å²) in [6, 6.07) is 1.55. The van der Waals surface area contributed by atoms with E-state index in [1.807, 2.05) is 24.9 Å². The van der Waals surface area contributed by atoms with Crippen LogP contribution in [0.5, 0.6) is 0 Å². The van der Waals surface area contributed by atoms with Gasteiger partial charge in [-0.05, 0) is 37.8 Å². The number of benzene rings is 1. The second kappa shape index (κ2) is 3.85. The van der Waals surface area contributed by atoms with Gasteiger partial charge in [-0.15, -0.1) is 0 Å². The Bertz CT molecular complexity index is 731. The first-order chi connectivity index (χ1) is 9.53. The molecule has 1 aliphatic heterocycles. The van der Waals surface area contributed by atoms with Crippen molar-refractivity contribution in [3.05, 3.63) is 33.7 Å². The molecule has 5 heteroatoms. The molecule has 0 amide bonds. The molecule has 4 rings (SSSR count). The average molecular weight is 336 g/mol. The smallest absolute Gasteiger partial charge is 0.148 e. The Morgan fingerprint density at radius 1 is 1.45 bits per heavy atom. The number of aryl methyl sites for hydroxylation is 1. The van der Waals surface area contributed by atoms with Gasteiger partial charge in [-0.3, -0.25) is 4.68 Å². The number of nitrogens with zero attached hydrogens (tertiary/aromatic N) is 2. The molecule has 1 fully saturated rings. The van der Waals surface area contributed by atoms with Gasteiger partial charge in [0.1, 0.15) is 5.82 Å². The van der Waals surface area contributed by atoms with Crippen molar-refractivity contribution in [1.29, 1.82) is 0 Å². The summed E-state index contributed by atoms with van der Waals surface area (Å²) in [5.41, 5.74) is 4.76. The van der Waals surface area contributed by atoms with Gasteiger partial charge in [-0.2, -0.15) is 5.10 Å². The lowest BCUT2D eigenvalue weighted by atomic mass is 9.69. The summed E-state index contributed by atoms with van der Waals surface area (Å²) in [4.78, 5) is 0. The number of rotatable bonds is 0. The van der Waals surface area contributed by atoms with Crippen LogP contribution < -0.4 is 5.32 Å². The summed E-state index contributed by atoms with van der Waals surface area (Å²) >= 11 is 3.45. The van der Waals surface area contributed by atoms with Gasteiger partial charge in [-0.25, -0.2) is 4.39 Å². The molecule has 1 N–H and O–H groups in total. The van der Waals surface area contributed by atoms with E-state index >= 15 is 0 Å². The number of nitrogens with one attached hydrogen (secondary N) is 1. The van der Waals surface area contributed by atoms with Crippen molar-refractivity contribution < 1.29 is 4.39 Å². The summed E-state index contributed by atoms with van der Waals surface area (Å²) in [7, 11) is 1.93. The Hall–Kier alpha value is -1.36. The molecule has 20 heavy (non-hydrogen) atoms. The average Bonchev–Trinajstić information content (AvgIpc) is 2.75. The van der Waals surface area contributed by atoms with E-state index in [9.17, 15) is 4.39 Å². The molecular formula is C15H15BrFN3. The number of hydrogen-bond donors (Lipinski definition) is 1. The van der Waals surface area contributed by atoms with Gasteiger partial charge in [-0.1, -0.05) is 15.9 Å². The Morgan fingerprint density at radius 3 is 2.85 bits per heavy atom. The van der Waals surface area contributed by atoms with Crippen molar-refractivity contribution >= 4 is 21.6 Å². The van der Waals surface area contributed by atoms with Gasteiger partial charge in [0.25, 0.3) is 0 Å². The lowest BCUT2D eigenvalue weighted by molar-refractivity contribution is 0.282. The molecule has 0 saturated heterocycles. The van der Waals surface area contributed by atoms with Crippen molar-refractivity contribution in [1.82, 2.24) is 9.78 Å². The van der Waals surface area contributed by atoms with E-state index in [0.717, 1.165) is 34.1 Å². The molecule has 2 heterocycles. The fourth-order valence-corrected chi connectivity index (χ4v) is 3.85. The van der Waals surface area contributed by atoms with E-state index in [2.05, 4.69) is 26.3 Å². The number of anilines is 1. The third-order valence-electron chi connectivity index (χ3n) is 4.74. The van der Waals surface area contributed by atoms with Gasteiger partial charge in [0, 0.05) is 22.6 Å². The first-order valence-electron chi connectivity index (χ1n) is 6.83. The molecular weight excluding hydrogens is 321 g/mol. The maximum Gasteiger partial charge on any atom is 0.148 e. The number of fused-ring (bicyclic) bond motifs is 4. The second-order valence-corrected chi connectivity index (χ2v) is 6.66. The van der Waals surface area contributed by atoms with Crippen LogP contribution in [0.15, 0.2) is 16.7 Å². The Morgan fingerprint density at radius 2 is 2.20 bits per heavy atom. The highest BCUT2D eigenvalue weighted by Gasteiger charge is 2.46. The third kappa shape index (κ3) is 1.36. The monoisotopic (exact) mass is 335 g/mol. The van der Waals surface area contributed by atoms with Crippen LogP contribution in [-0.2, 0) is 12.6 Å². The zero-order valence-electron chi connectivity index (χ0n) is 11.4. The van der Waals surface area contributed by atoms with Crippen molar-refractivity contribution in [2.75, 3.05) is 5.32 Å². The predicted molar refractivity (Wildman–Crippen MR) is 80.2 cm³/mol. The Labute approximate surface area is 125 Å². The highest BCUT2D eigenvalue weighted by Crippen LogP contribution is 2.54. The van der Waals surface area contributed by atoms with Gasteiger partial charge in [0.05, 0.1) is 23.1 Å². The van der Waals surface area contributed by atoms with Crippen LogP contribution in [0.25, 0.3) is 11.3 Å². The zero-order chi connectivity index (χ0) is 14.1. The van der Waals surface area contributed by atoms with Gasteiger partial charge in [0.15, 0.2) is 0 Å². The van der Waals surface area contributed by atoms with Crippen LogP contribution in [0.3, 0.4) is 0 Å². The summed E-state index contributed by atoms with van der Waals surface area (Å²) < 4.78 is 17.1.